The number of ether oxygens (including phenoxy) is 3. The summed E-state index contributed by atoms with van der Waals surface area (Å²) in [4.78, 5) is 22.4. The van der Waals surface area contributed by atoms with Crippen LogP contribution in [0.25, 0.3) is 0 Å². The molecule has 5 nitrogen and oxygen atoms in total. The van der Waals surface area contributed by atoms with Crippen LogP contribution in [-0.4, -0.2) is 43.0 Å². The normalized spacial score (nSPS) is 26.5. The number of hydrogen-bond acceptors (Lipinski definition) is 5. The van der Waals surface area contributed by atoms with Crippen LogP contribution in [-0.2, 0) is 19.0 Å². The van der Waals surface area contributed by atoms with Gasteiger partial charge in [-0.1, -0.05) is 18.2 Å². The maximum Gasteiger partial charge on any atom is 0.338 e. The molecule has 0 aliphatic carbocycles. The second-order valence-corrected chi connectivity index (χ2v) is 4.64. The Balaban J connectivity index is 1.98. The first-order valence-electron chi connectivity index (χ1n) is 6.39. The Kier molecular flexibility index (Phi) is 4.70. The van der Waals surface area contributed by atoms with Crippen molar-refractivity contribution in [3.63, 3.8) is 0 Å². The summed E-state index contributed by atoms with van der Waals surface area (Å²) in [5.74, 6) is -5.70. The molecule has 0 bridgehead atoms. The molecule has 120 valence electrons. The van der Waals surface area contributed by atoms with E-state index in [2.05, 4.69) is 9.47 Å². The van der Waals surface area contributed by atoms with Crippen molar-refractivity contribution in [3.05, 3.63) is 35.9 Å². The predicted octanol–water partition coefficient (Wildman–Crippen LogP) is 2.10. The van der Waals surface area contributed by atoms with Crippen molar-refractivity contribution in [2.75, 3.05) is 6.61 Å². The molecule has 0 spiro atoms. The summed E-state index contributed by atoms with van der Waals surface area (Å²) in [6.45, 7) is 0.0183. The molecule has 3 atom stereocenters. The summed E-state index contributed by atoms with van der Waals surface area (Å²) in [5, 5.41) is 0. The molecule has 0 aromatic heterocycles. The van der Waals surface area contributed by atoms with E-state index >= 15 is 0 Å². The fourth-order valence-corrected chi connectivity index (χ4v) is 1.95. The Labute approximate surface area is 124 Å². The molecule has 0 radical (unpaired) electrons. The Morgan fingerprint density at radius 2 is 1.91 bits per heavy atom. The number of benzene rings is 1. The van der Waals surface area contributed by atoms with Crippen LogP contribution in [0.4, 0.5) is 13.2 Å². The van der Waals surface area contributed by atoms with E-state index in [9.17, 15) is 22.8 Å². The average molecular weight is 318 g/mol. The van der Waals surface area contributed by atoms with Crippen LogP contribution in [0.3, 0.4) is 0 Å². The molecule has 1 heterocycles. The van der Waals surface area contributed by atoms with E-state index in [0.29, 0.717) is 0 Å². The zero-order valence-corrected chi connectivity index (χ0v) is 11.5. The van der Waals surface area contributed by atoms with Gasteiger partial charge in [0.1, 0.15) is 6.61 Å². The zero-order chi connectivity index (χ0) is 16.3. The van der Waals surface area contributed by atoms with Crippen molar-refractivity contribution in [1.82, 2.24) is 0 Å². The fourth-order valence-electron chi connectivity index (χ4n) is 1.95. The number of carbonyl (C=O) groups excluding carboxylic acids is 2. The third-order valence-electron chi connectivity index (χ3n) is 3.01. The first kappa shape index (κ1) is 16.3. The van der Waals surface area contributed by atoms with Gasteiger partial charge in [-0.25, -0.2) is 9.18 Å². The maximum absolute atomic E-state index is 13.9. The van der Waals surface area contributed by atoms with Gasteiger partial charge in [0.2, 0.25) is 12.5 Å². The summed E-state index contributed by atoms with van der Waals surface area (Å²) in [6.07, 6.45) is -6.87. The lowest BCUT2D eigenvalue weighted by Gasteiger charge is -2.21. The van der Waals surface area contributed by atoms with Gasteiger partial charge in [-0.05, 0) is 12.1 Å². The van der Waals surface area contributed by atoms with Crippen molar-refractivity contribution in [2.45, 2.75) is 31.4 Å². The minimum Gasteiger partial charge on any atom is -0.459 e. The number of hydrogen-bond donors (Lipinski definition) is 0. The first-order chi connectivity index (χ1) is 10.3. The third kappa shape index (κ3) is 3.38. The standard InChI is InChI=1S/C14H13F3O5/c1-8(18)21-11-12(15)22-10(14(11,16)17)7-20-13(19)9-5-3-2-4-6-9/h2-6,10-12H,7H2,1H3/t10-,11+,12-/m1/s1. The summed E-state index contributed by atoms with van der Waals surface area (Å²) >= 11 is 0. The number of carbonyl (C=O) groups is 2. The van der Waals surface area contributed by atoms with Crippen LogP contribution in [0, 0.1) is 0 Å². The highest BCUT2D eigenvalue weighted by atomic mass is 19.3. The largest absolute Gasteiger partial charge is 0.459 e. The van der Waals surface area contributed by atoms with Gasteiger partial charge < -0.3 is 14.2 Å². The van der Waals surface area contributed by atoms with Gasteiger partial charge >= 0.3 is 17.9 Å². The number of rotatable bonds is 4. The smallest absolute Gasteiger partial charge is 0.338 e. The second-order valence-electron chi connectivity index (χ2n) is 4.64. The van der Waals surface area contributed by atoms with Crippen LogP contribution in [0.5, 0.6) is 0 Å². The monoisotopic (exact) mass is 318 g/mol. The van der Waals surface area contributed by atoms with Crippen molar-refractivity contribution in [3.8, 4) is 0 Å². The van der Waals surface area contributed by atoms with E-state index in [0.717, 1.165) is 6.92 Å². The van der Waals surface area contributed by atoms with Crippen molar-refractivity contribution in [1.29, 1.82) is 0 Å². The van der Waals surface area contributed by atoms with E-state index in [-0.39, 0.29) is 5.56 Å². The molecule has 1 aliphatic rings. The molecule has 22 heavy (non-hydrogen) atoms. The molecule has 1 aromatic rings. The summed E-state index contributed by atoms with van der Waals surface area (Å²) in [5.41, 5.74) is 0.164. The molecule has 0 saturated carbocycles. The maximum atomic E-state index is 13.9. The molecular weight excluding hydrogens is 305 g/mol. The van der Waals surface area contributed by atoms with E-state index < -0.39 is 43.0 Å². The van der Waals surface area contributed by atoms with Crippen LogP contribution < -0.4 is 0 Å². The van der Waals surface area contributed by atoms with Crippen molar-refractivity contribution >= 4 is 11.9 Å². The highest BCUT2D eigenvalue weighted by molar-refractivity contribution is 5.89. The minimum absolute atomic E-state index is 0.164. The van der Waals surface area contributed by atoms with Crippen LogP contribution >= 0.6 is 0 Å². The quantitative estimate of drug-likeness (QED) is 0.796. The minimum atomic E-state index is -3.80. The van der Waals surface area contributed by atoms with Gasteiger partial charge in [0.25, 0.3) is 0 Å². The Morgan fingerprint density at radius 1 is 1.27 bits per heavy atom. The SMILES string of the molecule is CC(=O)O[C@H]1[C@H](F)O[C@H](COC(=O)c2ccccc2)C1(F)F. The lowest BCUT2D eigenvalue weighted by Crippen LogP contribution is -2.44. The fraction of sp³-hybridized carbons (Fsp3) is 0.429. The van der Waals surface area contributed by atoms with Gasteiger partial charge in [0.05, 0.1) is 5.56 Å². The van der Waals surface area contributed by atoms with E-state index in [1.54, 1.807) is 18.2 Å². The van der Waals surface area contributed by atoms with E-state index in [4.69, 9.17) is 4.74 Å². The third-order valence-corrected chi connectivity index (χ3v) is 3.01. The Bertz CT molecular complexity index is 549. The molecule has 1 aliphatic heterocycles. The first-order valence-corrected chi connectivity index (χ1v) is 6.39. The Hall–Kier alpha value is -2.09. The number of esters is 2. The summed E-state index contributed by atoms with van der Waals surface area (Å²) in [6, 6.07) is 7.70. The lowest BCUT2D eigenvalue weighted by atomic mass is 10.1. The summed E-state index contributed by atoms with van der Waals surface area (Å²) < 4.78 is 54.6. The van der Waals surface area contributed by atoms with Gasteiger partial charge in [0.15, 0.2) is 6.10 Å². The summed E-state index contributed by atoms with van der Waals surface area (Å²) in [7, 11) is 0. The molecule has 0 unspecified atom stereocenters. The highest BCUT2D eigenvalue weighted by Gasteiger charge is 2.62. The van der Waals surface area contributed by atoms with Crippen LogP contribution in [0.1, 0.15) is 17.3 Å². The lowest BCUT2D eigenvalue weighted by molar-refractivity contribution is -0.173. The molecule has 1 saturated heterocycles. The van der Waals surface area contributed by atoms with Gasteiger partial charge in [0, 0.05) is 6.92 Å². The Morgan fingerprint density at radius 3 is 2.50 bits per heavy atom. The van der Waals surface area contributed by atoms with E-state index in [1.165, 1.54) is 12.1 Å². The predicted molar refractivity (Wildman–Crippen MR) is 67.0 cm³/mol. The molecule has 2 rings (SSSR count). The molecular formula is C14H13F3O5. The topological polar surface area (TPSA) is 61.8 Å². The second kappa shape index (κ2) is 6.35. The van der Waals surface area contributed by atoms with Crippen molar-refractivity contribution in [2.24, 2.45) is 0 Å². The average Bonchev–Trinajstić information content (AvgIpc) is 2.68. The number of halogens is 3. The molecule has 1 fully saturated rings. The van der Waals surface area contributed by atoms with Crippen LogP contribution in [0.2, 0.25) is 0 Å². The molecule has 8 heteroatoms. The molecule has 0 N–H and O–H groups in total. The number of alkyl halides is 3. The van der Waals surface area contributed by atoms with Crippen molar-refractivity contribution < 1.29 is 37.0 Å². The zero-order valence-electron chi connectivity index (χ0n) is 11.5. The van der Waals surface area contributed by atoms with E-state index in [1.807, 2.05) is 0 Å². The van der Waals surface area contributed by atoms with Gasteiger partial charge in [-0.3, -0.25) is 4.79 Å². The van der Waals surface area contributed by atoms with Gasteiger partial charge in [-0.2, -0.15) is 8.78 Å². The molecule has 1 aromatic carbocycles. The molecule has 0 amide bonds. The highest BCUT2D eigenvalue weighted by Crippen LogP contribution is 2.39. The van der Waals surface area contributed by atoms with Crippen LogP contribution in [0.15, 0.2) is 30.3 Å². The van der Waals surface area contributed by atoms with Gasteiger partial charge in [-0.15, -0.1) is 0 Å².